The molecule has 0 radical (unpaired) electrons. The number of carbonyl (C=O) groups excluding carboxylic acids is 1. The molecule has 0 aliphatic heterocycles. The zero-order chi connectivity index (χ0) is 18.7. The van der Waals surface area contributed by atoms with Crippen molar-refractivity contribution in [1.82, 2.24) is 5.32 Å². The summed E-state index contributed by atoms with van der Waals surface area (Å²) >= 11 is 6.01. The van der Waals surface area contributed by atoms with Crippen molar-refractivity contribution in [3.05, 3.63) is 34.6 Å². The summed E-state index contributed by atoms with van der Waals surface area (Å²) in [6.45, 7) is 6.98. The average Bonchev–Trinajstić information content (AvgIpc) is 2.56. The summed E-state index contributed by atoms with van der Waals surface area (Å²) in [6.07, 6.45) is 3.38. The molecule has 0 saturated heterocycles. The second-order valence-corrected chi connectivity index (χ2v) is 6.39. The quantitative estimate of drug-likeness (QED) is 0.521. The highest BCUT2D eigenvalue weighted by atomic mass is 35.5. The summed E-state index contributed by atoms with van der Waals surface area (Å²) in [4.78, 5) is 11.3. The Morgan fingerprint density at radius 1 is 1.28 bits per heavy atom. The molecule has 0 aromatic heterocycles. The Kier molecular flexibility index (Phi) is 10.5. The lowest BCUT2D eigenvalue weighted by Crippen LogP contribution is -2.29. The van der Waals surface area contributed by atoms with Crippen LogP contribution < -0.4 is 5.32 Å². The van der Waals surface area contributed by atoms with E-state index in [0.29, 0.717) is 24.8 Å². The minimum Gasteiger partial charge on any atom is -0.450 e. The Balaban J connectivity index is 2.78. The number of hydrogen-bond donors (Lipinski definition) is 1. The van der Waals surface area contributed by atoms with Gasteiger partial charge in [0.15, 0.2) is 0 Å². The molecular formula is C19H29ClFNO3. The van der Waals surface area contributed by atoms with Crippen LogP contribution in [0.3, 0.4) is 0 Å². The molecule has 4 nitrogen and oxygen atoms in total. The smallest absolute Gasteiger partial charge is 0.407 e. The lowest BCUT2D eigenvalue weighted by Gasteiger charge is -2.27. The number of hydrogen-bond acceptors (Lipinski definition) is 3. The number of benzene rings is 1. The largest absolute Gasteiger partial charge is 0.450 e. The van der Waals surface area contributed by atoms with Crippen molar-refractivity contribution in [3.8, 4) is 0 Å². The van der Waals surface area contributed by atoms with Crippen molar-refractivity contribution >= 4 is 17.7 Å². The Labute approximate surface area is 155 Å². The highest BCUT2D eigenvalue weighted by molar-refractivity contribution is 6.30. The van der Waals surface area contributed by atoms with Gasteiger partial charge >= 0.3 is 6.09 Å². The molecule has 1 N–H and O–H groups in total. The van der Waals surface area contributed by atoms with Gasteiger partial charge in [0, 0.05) is 11.6 Å². The number of alkyl carbamates (subject to hydrolysis) is 1. The predicted octanol–water partition coefficient (Wildman–Crippen LogP) is 5.50. The molecule has 0 heterocycles. The number of halogens is 2. The van der Waals surface area contributed by atoms with E-state index in [4.69, 9.17) is 21.1 Å². The van der Waals surface area contributed by atoms with Crippen molar-refractivity contribution in [2.75, 3.05) is 19.8 Å². The number of carbonyl (C=O) groups is 1. The zero-order valence-electron chi connectivity index (χ0n) is 15.3. The number of nitrogens with one attached hydrogen (secondary N) is 1. The Hall–Kier alpha value is -1.33. The van der Waals surface area contributed by atoms with Crippen LogP contribution in [0.1, 0.15) is 58.1 Å². The maximum Gasteiger partial charge on any atom is 0.407 e. The number of rotatable bonds is 11. The first-order chi connectivity index (χ1) is 12.0. The highest BCUT2D eigenvalue weighted by Gasteiger charge is 2.23. The standard InChI is InChI=1S/C19H29ClFNO3/c1-4-7-8-14(5-2)18(15-11-16(20)13-17(21)12-15)25-10-9-22-19(23)24-6-3/h11-14,18H,4-10H2,1-3H3,(H,22,23)/t14-,18+/m0/s1. The van der Waals surface area contributed by atoms with E-state index in [1.54, 1.807) is 13.0 Å². The van der Waals surface area contributed by atoms with E-state index in [-0.39, 0.29) is 17.8 Å². The van der Waals surface area contributed by atoms with E-state index in [0.717, 1.165) is 31.2 Å². The summed E-state index contributed by atoms with van der Waals surface area (Å²) in [5.74, 6) is -0.105. The van der Waals surface area contributed by atoms with Gasteiger partial charge < -0.3 is 14.8 Å². The summed E-state index contributed by atoms with van der Waals surface area (Å²) < 4.78 is 24.6. The van der Waals surface area contributed by atoms with Crippen molar-refractivity contribution in [1.29, 1.82) is 0 Å². The van der Waals surface area contributed by atoms with Crippen LogP contribution in [0.5, 0.6) is 0 Å². The molecule has 6 heteroatoms. The molecule has 0 aliphatic carbocycles. The monoisotopic (exact) mass is 373 g/mol. The van der Waals surface area contributed by atoms with Gasteiger partial charge in [0.25, 0.3) is 0 Å². The van der Waals surface area contributed by atoms with Crippen LogP contribution >= 0.6 is 11.6 Å². The third kappa shape index (κ3) is 8.06. The van der Waals surface area contributed by atoms with E-state index in [9.17, 15) is 9.18 Å². The highest BCUT2D eigenvalue weighted by Crippen LogP contribution is 2.34. The molecule has 25 heavy (non-hydrogen) atoms. The normalized spacial score (nSPS) is 13.3. The van der Waals surface area contributed by atoms with Gasteiger partial charge in [0.05, 0.1) is 19.3 Å². The van der Waals surface area contributed by atoms with Crippen LogP contribution in [0.4, 0.5) is 9.18 Å². The topological polar surface area (TPSA) is 47.6 Å². The van der Waals surface area contributed by atoms with E-state index in [2.05, 4.69) is 19.2 Å². The Morgan fingerprint density at radius 3 is 2.64 bits per heavy atom. The second-order valence-electron chi connectivity index (χ2n) is 5.95. The molecule has 0 fully saturated rings. The molecule has 1 amide bonds. The Bertz CT molecular complexity index is 507. The van der Waals surface area contributed by atoms with Crippen LogP contribution in [0.25, 0.3) is 0 Å². The molecule has 1 rings (SSSR count). The minimum absolute atomic E-state index is 0.256. The van der Waals surface area contributed by atoms with Gasteiger partial charge in [-0.2, -0.15) is 0 Å². The van der Waals surface area contributed by atoms with Crippen LogP contribution in [0, 0.1) is 11.7 Å². The summed E-state index contributed by atoms with van der Waals surface area (Å²) in [6, 6.07) is 4.52. The first-order valence-electron chi connectivity index (χ1n) is 8.99. The summed E-state index contributed by atoms with van der Waals surface area (Å²) in [5.41, 5.74) is 0.740. The molecule has 1 aromatic carbocycles. The maximum absolute atomic E-state index is 13.8. The molecule has 2 atom stereocenters. The second kappa shape index (κ2) is 12.1. The van der Waals surface area contributed by atoms with Crippen molar-refractivity contribution in [2.24, 2.45) is 5.92 Å². The van der Waals surface area contributed by atoms with Gasteiger partial charge in [-0.1, -0.05) is 44.7 Å². The molecular weight excluding hydrogens is 345 g/mol. The first kappa shape index (κ1) is 21.7. The van der Waals surface area contributed by atoms with Crippen molar-refractivity contribution in [2.45, 2.75) is 52.6 Å². The average molecular weight is 374 g/mol. The van der Waals surface area contributed by atoms with Crippen LogP contribution in [0.15, 0.2) is 18.2 Å². The van der Waals surface area contributed by atoms with E-state index < -0.39 is 6.09 Å². The van der Waals surface area contributed by atoms with E-state index in [1.807, 2.05) is 0 Å². The van der Waals surface area contributed by atoms with Crippen molar-refractivity contribution in [3.63, 3.8) is 0 Å². The molecule has 0 saturated carbocycles. The fourth-order valence-electron chi connectivity index (χ4n) is 2.80. The molecule has 0 unspecified atom stereocenters. The van der Waals surface area contributed by atoms with Gasteiger partial charge in [-0.3, -0.25) is 0 Å². The zero-order valence-corrected chi connectivity index (χ0v) is 16.1. The van der Waals surface area contributed by atoms with E-state index in [1.165, 1.54) is 12.1 Å². The fraction of sp³-hybridized carbons (Fsp3) is 0.632. The maximum atomic E-state index is 13.8. The van der Waals surface area contributed by atoms with Gasteiger partial charge in [-0.25, -0.2) is 9.18 Å². The Morgan fingerprint density at radius 2 is 2.04 bits per heavy atom. The minimum atomic E-state index is -0.463. The van der Waals surface area contributed by atoms with Crippen LogP contribution in [-0.4, -0.2) is 25.9 Å². The molecule has 0 aliphatic rings. The molecule has 142 valence electrons. The van der Waals surface area contributed by atoms with Gasteiger partial charge in [0.2, 0.25) is 0 Å². The van der Waals surface area contributed by atoms with E-state index >= 15 is 0 Å². The summed E-state index contributed by atoms with van der Waals surface area (Å²) in [5, 5.41) is 2.99. The fourth-order valence-corrected chi connectivity index (χ4v) is 3.03. The number of unbranched alkanes of at least 4 members (excludes halogenated alkanes) is 1. The summed E-state index contributed by atoms with van der Waals surface area (Å²) in [7, 11) is 0. The van der Waals surface area contributed by atoms with Crippen LogP contribution in [0.2, 0.25) is 5.02 Å². The lowest BCUT2D eigenvalue weighted by molar-refractivity contribution is 0.00707. The third-order valence-electron chi connectivity index (χ3n) is 4.04. The van der Waals surface area contributed by atoms with Crippen molar-refractivity contribution < 1.29 is 18.7 Å². The lowest BCUT2D eigenvalue weighted by atomic mass is 9.89. The number of amides is 1. The van der Waals surface area contributed by atoms with Crippen LogP contribution in [-0.2, 0) is 9.47 Å². The van der Waals surface area contributed by atoms with Gasteiger partial charge in [-0.15, -0.1) is 0 Å². The molecule has 1 aromatic rings. The van der Waals surface area contributed by atoms with Gasteiger partial charge in [-0.05, 0) is 43.0 Å². The number of ether oxygens (including phenoxy) is 2. The predicted molar refractivity (Wildman–Crippen MR) is 98.4 cm³/mol. The molecule has 0 bridgehead atoms. The van der Waals surface area contributed by atoms with Gasteiger partial charge in [0.1, 0.15) is 5.82 Å². The first-order valence-corrected chi connectivity index (χ1v) is 9.37. The molecule has 0 spiro atoms. The SMILES string of the molecule is CCCC[C@H](CC)[C@@H](OCCNC(=O)OCC)c1cc(F)cc(Cl)c1. The third-order valence-corrected chi connectivity index (χ3v) is 4.26.